The first kappa shape index (κ1) is 18.6. The summed E-state index contributed by atoms with van der Waals surface area (Å²) in [7, 11) is -4.02. The lowest BCUT2D eigenvalue weighted by atomic mass is 10.0. The van der Waals surface area contributed by atoms with Crippen molar-refractivity contribution < 1.29 is 13.5 Å². The van der Waals surface area contributed by atoms with Crippen molar-refractivity contribution in [2.75, 3.05) is 5.75 Å². The third kappa shape index (κ3) is 3.67. The number of rotatable bonds is 4. The van der Waals surface area contributed by atoms with Crippen LogP contribution in [-0.4, -0.2) is 33.5 Å². The van der Waals surface area contributed by atoms with Gasteiger partial charge in [0.2, 0.25) is 10.0 Å². The van der Waals surface area contributed by atoms with Gasteiger partial charge in [0.25, 0.3) is 0 Å². The zero-order valence-electron chi connectivity index (χ0n) is 12.8. The van der Waals surface area contributed by atoms with E-state index in [0.29, 0.717) is 9.88 Å². The van der Waals surface area contributed by atoms with Crippen molar-refractivity contribution in [1.29, 1.82) is 0 Å². The van der Waals surface area contributed by atoms with Crippen molar-refractivity contribution in [3.05, 3.63) is 58.9 Å². The number of halogens is 1. The Morgan fingerprint density at radius 2 is 2.16 bits per heavy atom. The van der Waals surface area contributed by atoms with Crippen molar-refractivity contribution in [2.45, 2.75) is 17.2 Å². The lowest BCUT2D eigenvalue weighted by Crippen LogP contribution is -2.44. The maximum absolute atomic E-state index is 11.7. The highest BCUT2D eigenvalue weighted by Crippen LogP contribution is 2.41. The molecule has 0 bridgehead atoms. The van der Waals surface area contributed by atoms with Gasteiger partial charge in [-0.2, -0.15) is 0 Å². The average molecular weight is 416 g/mol. The van der Waals surface area contributed by atoms with Crippen LogP contribution in [0.3, 0.4) is 0 Å². The lowest BCUT2D eigenvalue weighted by Gasteiger charge is -2.34. The fourth-order valence-electron chi connectivity index (χ4n) is 2.53. The molecule has 2 aromatic rings. The van der Waals surface area contributed by atoms with Crippen LogP contribution in [0.15, 0.2) is 47.5 Å². The molecule has 10 heteroatoms. The third-order valence-electron chi connectivity index (χ3n) is 3.81. The number of aliphatic hydroxyl groups is 1. The number of aromatic nitrogens is 1. The van der Waals surface area contributed by atoms with Crippen LogP contribution in [0.25, 0.3) is 0 Å². The van der Waals surface area contributed by atoms with Gasteiger partial charge in [-0.1, -0.05) is 47.7 Å². The predicted octanol–water partition coefficient (Wildman–Crippen LogP) is 2.06. The molecule has 1 aromatic carbocycles. The van der Waals surface area contributed by atoms with Gasteiger partial charge >= 0.3 is 0 Å². The lowest BCUT2D eigenvalue weighted by molar-refractivity contribution is -0.0515. The van der Waals surface area contributed by atoms with Gasteiger partial charge in [0, 0.05) is 11.8 Å². The van der Waals surface area contributed by atoms with Gasteiger partial charge in [0.05, 0.1) is 23.0 Å². The van der Waals surface area contributed by atoms with Crippen molar-refractivity contribution in [3.63, 3.8) is 0 Å². The van der Waals surface area contributed by atoms with E-state index in [1.807, 2.05) is 12.1 Å². The van der Waals surface area contributed by atoms with Crippen molar-refractivity contribution in [3.8, 4) is 0 Å². The molecule has 0 spiro atoms. The Hall–Kier alpha value is -1.23. The van der Waals surface area contributed by atoms with Gasteiger partial charge in [-0.25, -0.2) is 13.6 Å². The van der Waals surface area contributed by atoms with E-state index in [-0.39, 0.29) is 22.2 Å². The molecule has 25 heavy (non-hydrogen) atoms. The minimum atomic E-state index is -4.02. The summed E-state index contributed by atoms with van der Waals surface area (Å²) in [5.74, 6) is 0.254. The van der Waals surface area contributed by atoms with E-state index in [1.54, 1.807) is 23.2 Å². The molecule has 1 fully saturated rings. The highest BCUT2D eigenvalue weighted by Gasteiger charge is 2.44. The summed E-state index contributed by atoms with van der Waals surface area (Å²) in [6.45, 7) is 0.288. The van der Waals surface area contributed by atoms with E-state index in [2.05, 4.69) is 4.98 Å². The number of primary sulfonamides is 1. The van der Waals surface area contributed by atoms with E-state index in [0.717, 1.165) is 5.69 Å². The van der Waals surface area contributed by atoms with Crippen LogP contribution in [0.2, 0.25) is 5.02 Å². The average Bonchev–Trinajstić information content (AvgIpc) is 2.85. The number of thiocarbonyl (C=S) groups is 1. The quantitative estimate of drug-likeness (QED) is 0.737. The smallest absolute Gasteiger partial charge is 0.239 e. The zero-order valence-corrected chi connectivity index (χ0v) is 16.0. The third-order valence-corrected chi connectivity index (χ3v) is 6.79. The molecule has 1 aromatic heterocycles. The Morgan fingerprint density at radius 1 is 1.40 bits per heavy atom. The molecule has 6 nitrogen and oxygen atoms in total. The number of nitrogens with zero attached hydrogens (tertiary/aromatic N) is 2. The first-order valence-corrected chi connectivity index (χ1v) is 10.4. The van der Waals surface area contributed by atoms with Gasteiger partial charge in [-0.05, 0) is 24.3 Å². The highest BCUT2D eigenvalue weighted by atomic mass is 35.5. The normalized spacial score (nSPS) is 20.9. The second-order valence-electron chi connectivity index (χ2n) is 5.47. The first-order chi connectivity index (χ1) is 11.7. The first-order valence-electron chi connectivity index (χ1n) is 7.11. The molecule has 2 heterocycles. The second-order valence-corrected chi connectivity index (χ2v) is 9.01. The number of nitrogens with two attached hydrogens (primary N) is 1. The minimum Gasteiger partial charge on any atom is -0.366 e. The highest BCUT2D eigenvalue weighted by molar-refractivity contribution is 8.23. The zero-order chi connectivity index (χ0) is 18.2. The molecule has 0 radical (unpaired) electrons. The van der Waals surface area contributed by atoms with E-state index in [9.17, 15) is 13.5 Å². The van der Waals surface area contributed by atoms with Crippen LogP contribution in [0.4, 0.5) is 0 Å². The molecule has 0 saturated carbocycles. The van der Waals surface area contributed by atoms with Crippen LogP contribution in [0, 0.1) is 0 Å². The number of benzene rings is 1. The summed E-state index contributed by atoms with van der Waals surface area (Å²) >= 11 is 12.6. The van der Waals surface area contributed by atoms with Gasteiger partial charge in [0.1, 0.15) is 9.22 Å². The van der Waals surface area contributed by atoms with Crippen LogP contribution < -0.4 is 5.14 Å². The summed E-state index contributed by atoms with van der Waals surface area (Å²) in [6.07, 6.45) is 1.65. The van der Waals surface area contributed by atoms with Crippen LogP contribution in [0.1, 0.15) is 11.3 Å². The molecule has 1 atom stereocenters. The molecule has 1 aliphatic rings. The molecular formula is C15H14ClN3O3S3. The fourth-order valence-corrected chi connectivity index (χ4v) is 5.01. The summed E-state index contributed by atoms with van der Waals surface area (Å²) in [5.41, 5.74) is -0.404. The summed E-state index contributed by atoms with van der Waals surface area (Å²) in [4.78, 5) is 5.63. The molecule has 1 saturated heterocycles. The number of thioether (sulfide) groups is 1. The molecule has 0 amide bonds. The van der Waals surface area contributed by atoms with E-state index < -0.39 is 15.7 Å². The summed E-state index contributed by atoms with van der Waals surface area (Å²) < 4.78 is 23.9. The van der Waals surface area contributed by atoms with Crippen molar-refractivity contribution in [2.24, 2.45) is 5.14 Å². The van der Waals surface area contributed by atoms with E-state index in [1.165, 1.54) is 23.9 Å². The standard InChI is InChI=1S/C15H14ClN3O3S3/c16-12-5-4-10(7-13(12)25(17,21)22)15(20)9-24-14(23)19(15)8-11-3-1-2-6-18-11/h1-7,20H,8-9H2,(H2,17,21,22). The maximum Gasteiger partial charge on any atom is 0.239 e. The van der Waals surface area contributed by atoms with E-state index >= 15 is 0 Å². The summed E-state index contributed by atoms with van der Waals surface area (Å²) in [5, 5.41) is 16.5. The van der Waals surface area contributed by atoms with Crippen molar-refractivity contribution in [1.82, 2.24) is 9.88 Å². The number of hydrogen-bond donors (Lipinski definition) is 2. The molecule has 1 unspecified atom stereocenters. The topological polar surface area (TPSA) is 96.5 Å². The molecule has 0 aliphatic carbocycles. The van der Waals surface area contributed by atoms with Gasteiger partial charge in [0.15, 0.2) is 5.72 Å². The molecule has 1 aliphatic heterocycles. The number of hydrogen-bond acceptors (Lipinski definition) is 6. The van der Waals surface area contributed by atoms with Gasteiger partial charge < -0.3 is 10.0 Å². The Labute approximate surface area is 160 Å². The molecule has 132 valence electrons. The predicted molar refractivity (Wildman–Crippen MR) is 102 cm³/mol. The number of sulfonamides is 1. The van der Waals surface area contributed by atoms with Crippen LogP contribution in [-0.2, 0) is 22.3 Å². The molecule has 3 N–H and O–H groups in total. The fraction of sp³-hybridized carbons (Fsp3) is 0.200. The molecule has 3 rings (SSSR count). The Bertz CT molecular complexity index is 924. The Kier molecular flexibility index (Phi) is 5.06. The second kappa shape index (κ2) is 6.82. The SMILES string of the molecule is NS(=O)(=O)c1cc(C2(O)CSC(=S)N2Cc2ccccn2)ccc1Cl. The van der Waals surface area contributed by atoms with E-state index in [4.69, 9.17) is 29.0 Å². The Balaban J connectivity index is 2.03. The van der Waals surface area contributed by atoms with Crippen LogP contribution >= 0.6 is 35.6 Å². The monoisotopic (exact) mass is 415 g/mol. The minimum absolute atomic E-state index is 0.000599. The van der Waals surface area contributed by atoms with Gasteiger partial charge in [-0.15, -0.1) is 0 Å². The summed E-state index contributed by atoms with van der Waals surface area (Å²) in [6, 6.07) is 9.72. The maximum atomic E-state index is 11.7. The molecular weight excluding hydrogens is 402 g/mol. The van der Waals surface area contributed by atoms with Gasteiger partial charge in [-0.3, -0.25) is 4.98 Å². The van der Waals surface area contributed by atoms with Crippen LogP contribution in [0.5, 0.6) is 0 Å². The van der Waals surface area contributed by atoms with Crippen molar-refractivity contribution >= 4 is 49.9 Å². The Morgan fingerprint density at radius 3 is 2.80 bits per heavy atom. The largest absolute Gasteiger partial charge is 0.366 e. The number of pyridine rings is 1.